The molecule has 4 nitrogen and oxygen atoms in total. The number of hydrogen-bond acceptors (Lipinski definition) is 3. The highest BCUT2D eigenvalue weighted by molar-refractivity contribution is 7.10. The normalized spacial score (nSPS) is 19.6. The SMILES string of the molecule is O=C(NC(C(=O)O)C1CC1)c1csc2c1CCCC2. The van der Waals surface area contributed by atoms with Crippen LogP contribution in [-0.4, -0.2) is 23.0 Å². The van der Waals surface area contributed by atoms with Gasteiger partial charge in [0, 0.05) is 10.3 Å². The molecule has 102 valence electrons. The van der Waals surface area contributed by atoms with Crippen molar-refractivity contribution in [3.63, 3.8) is 0 Å². The lowest BCUT2D eigenvalue weighted by Gasteiger charge is -2.16. The summed E-state index contributed by atoms with van der Waals surface area (Å²) in [6.07, 6.45) is 6.11. The summed E-state index contributed by atoms with van der Waals surface area (Å²) in [7, 11) is 0. The Morgan fingerprint density at radius 1 is 1.32 bits per heavy atom. The van der Waals surface area contributed by atoms with E-state index in [-0.39, 0.29) is 11.8 Å². The van der Waals surface area contributed by atoms with Crippen LogP contribution in [0, 0.1) is 5.92 Å². The molecule has 0 aromatic carbocycles. The summed E-state index contributed by atoms with van der Waals surface area (Å²) in [5.41, 5.74) is 1.85. The van der Waals surface area contributed by atoms with E-state index in [0.717, 1.165) is 37.7 Å². The van der Waals surface area contributed by atoms with Gasteiger partial charge in [0.05, 0.1) is 5.56 Å². The van der Waals surface area contributed by atoms with E-state index >= 15 is 0 Å². The van der Waals surface area contributed by atoms with Crippen LogP contribution in [0.4, 0.5) is 0 Å². The van der Waals surface area contributed by atoms with E-state index in [0.29, 0.717) is 5.56 Å². The van der Waals surface area contributed by atoms with Gasteiger partial charge in [0.25, 0.3) is 5.91 Å². The molecule has 0 spiro atoms. The molecule has 1 atom stereocenters. The minimum Gasteiger partial charge on any atom is -0.480 e. The summed E-state index contributed by atoms with van der Waals surface area (Å²) in [6.45, 7) is 0. The molecule has 0 saturated heterocycles. The van der Waals surface area contributed by atoms with Gasteiger partial charge in [-0.2, -0.15) is 0 Å². The molecule has 3 rings (SSSR count). The lowest BCUT2D eigenvalue weighted by atomic mass is 9.95. The summed E-state index contributed by atoms with van der Waals surface area (Å²) in [4.78, 5) is 24.7. The molecule has 2 N–H and O–H groups in total. The van der Waals surface area contributed by atoms with Crippen molar-refractivity contribution in [2.24, 2.45) is 5.92 Å². The van der Waals surface area contributed by atoms with Crippen LogP contribution in [-0.2, 0) is 17.6 Å². The van der Waals surface area contributed by atoms with Crippen molar-refractivity contribution in [1.82, 2.24) is 5.32 Å². The molecule has 0 aliphatic heterocycles. The first-order valence-electron chi connectivity index (χ1n) is 6.79. The molecule has 1 amide bonds. The highest BCUT2D eigenvalue weighted by Crippen LogP contribution is 2.34. The maximum absolute atomic E-state index is 12.3. The van der Waals surface area contributed by atoms with Crippen molar-refractivity contribution in [3.05, 3.63) is 21.4 Å². The molecule has 5 heteroatoms. The summed E-state index contributed by atoms with van der Waals surface area (Å²) in [5.74, 6) is -1.01. The van der Waals surface area contributed by atoms with Crippen molar-refractivity contribution in [2.75, 3.05) is 0 Å². The minimum atomic E-state index is -0.917. The Kier molecular flexibility index (Phi) is 3.31. The van der Waals surface area contributed by atoms with Gasteiger partial charge in [-0.05, 0) is 50.0 Å². The van der Waals surface area contributed by atoms with E-state index in [1.54, 1.807) is 11.3 Å². The third-order valence-electron chi connectivity index (χ3n) is 3.95. The first-order valence-corrected chi connectivity index (χ1v) is 7.67. The fraction of sp³-hybridized carbons (Fsp3) is 0.571. The molecule has 2 aliphatic rings. The van der Waals surface area contributed by atoms with Crippen molar-refractivity contribution in [1.29, 1.82) is 0 Å². The van der Waals surface area contributed by atoms with Gasteiger partial charge < -0.3 is 10.4 Å². The lowest BCUT2D eigenvalue weighted by Crippen LogP contribution is -2.42. The van der Waals surface area contributed by atoms with Gasteiger partial charge in [0.2, 0.25) is 0 Å². The maximum Gasteiger partial charge on any atom is 0.326 e. The third kappa shape index (κ3) is 2.52. The van der Waals surface area contributed by atoms with Gasteiger partial charge in [0.1, 0.15) is 6.04 Å². The van der Waals surface area contributed by atoms with Crippen LogP contribution in [0.5, 0.6) is 0 Å². The third-order valence-corrected chi connectivity index (χ3v) is 5.04. The topological polar surface area (TPSA) is 66.4 Å². The number of amides is 1. The second kappa shape index (κ2) is 4.96. The zero-order chi connectivity index (χ0) is 13.4. The Labute approximate surface area is 115 Å². The van der Waals surface area contributed by atoms with E-state index in [9.17, 15) is 9.59 Å². The molecule has 0 radical (unpaired) electrons. The molecule has 1 heterocycles. The van der Waals surface area contributed by atoms with E-state index in [4.69, 9.17) is 5.11 Å². The van der Waals surface area contributed by atoms with Crippen LogP contribution in [0.1, 0.15) is 46.5 Å². The van der Waals surface area contributed by atoms with Crippen LogP contribution < -0.4 is 5.32 Å². The Morgan fingerprint density at radius 3 is 2.74 bits per heavy atom. The number of thiophene rings is 1. The monoisotopic (exact) mass is 279 g/mol. The standard InChI is InChI=1S/C14H17NO3S/c16-13(15-12(14(17)18)8-5-6-8)10-7-19-11-4-2-1-3-9(10)11/h7-8,12H,1-6H2,(H,15,16)(H,17,18). The fourth-order valence-electron chi connectivity index (χ4n) is 2.71. The van der Waals surface area contributed by atoms with E-state index < -0.39 is 12.0 Å². The Balaban J connectivity index is 1.76. The van der Waals surface area contributed by atoms with Gasteiger partial charge in [-0.25, -0.2) is 4.79 Å². The van der Waals surface area contributed by atoms with Gasteiger partial charge >= 0.3 is 5.97 Å². The van der Waals surface area contributed by atoms with Gasteiger partial charge in [-0.1, -0.05) is 0 Å². The summed E-state index contributed by atoms with van der Waals surface area (Å²) in [6, 6.07) is -0.716. The van der Waals surface area contributed by atoms with Crippen molar-refractivity contribution >= 4 is 23.2 Å². The van der Waals surface area contributed by atoms with Crippen LogP contribution in [0.25, 0.3) is 0 Å². The van der Waals surface area contributed by atoms with Crippen LogP contribution in [0.15, 0.2) is 5.38 Å². The van der Waals surface area contributed by atoms with Crippen molar-refractivity contribution in [2.45, 2.75) is 44.6 Å². The Bertz CT molecular complexity index is 519. The Hall–Kier alpha value is -1.36. The second-order valence-electron chi connectivity index (χ2n) is 5.39. The predicted octanol–water partition coefficient (Wildman–Crippen LogP) is 2.22. The number of rotatable bonds is 4. The Morgan fingerprint density at radius 2 is 2.05 bits per heavy atom. The number of aryl methyl sites for hydroxylation is 1. The first kappa shape index (κ1) is 12.7. The zero-order valence-corrected chi connectivity index (χ0v) is 11.5. The van der Waals surface area contributed by atoms with Crippen molar-refractivity contribution in [3.8, 4) is 0 Å². The molecule has 1 aromatic heterocycles. The average Bonchev–Trinajstić information content (AvgIpc) is 3.14. The highest BCUT2D eigenvalue weighted by Gasteiger charge is 2.37. The number of fused-ring (bicyclic) bond motifs is 1. The smallest absolute Gasteiger partial charge is 0.326 e. The van der Waals surface area contributed by atoms with Gasteiger partial charge in [-0.3, -0.25) is 4.79 Å². The number of carbonyl (C=O) groups is 2. The minimum absolute atomic E-state index is 0.121. The van der Waals surface area contributed by atoms with E-state index in [1.807, 2.05) is 5.38 Å². The fourth-order valence-corrected chi connectivity index (χ4v) is 3.84. The molecular formula is C14H17NO3S. The number of aliphatic carboxylic acids is 1. The van der Waals surface area contributed by atoms with Crippen molar-refractivity contribution < 1.29 is 14.7 Å². The molecule has 1 saturated carbocycles. The first-order chi connectivity index (χ1) is 9.16. The number of carboxylic acid groups (broad SMARTS) is 1. The number of carbonyl (C=O) groups excluding carboxylic acids is 1. The van der Waals surface area contributed by atoms with Crippen LogP contribution in [0.2, 0.25) is 0 Å². The molecule has 0 bridgehead atoms. The van der Waals surface area contributed by atoms with E-state index in [1.165, 1.54) is 11.3 Å². The number of hydrogen-bond donors (Lipinski definition) is 2. The van der Waals surface area contributed by atoms with Gasteiger partial charge in [0.15, 0.2) is 0 Å². The van der Waals surface area contributed by atoms with Gasteiger partial charge in [-0.15, -0.1) is 11.3 Å². The van der Waals surface area contributed by atoms with Crippen LogP contribution >= 0.6 is 11.3 Å². The second-order valence-corrected chi connectivity index (χ2v) is 6.35. The molecule has 1 aromatic rings. The quantitative estimate of drug-likeness (QED) is 0.888. The molecule has 1 fully saturated rings. The largest absolute Gasteiger partial charge is 0.480 e. The van der Waals surface area contributed by atoms with Crippen LogP contribution in [0.3, 0.4) is 0 Å². The predicted molar refractivity (Wildman–Crippen MR) is 72.6 cm³/mol. The lowest BCUT2D eigenvalue weighted by molar-refractivity contribution is -0.139. The number of carboxylic acids is 1. The molecule has 19 heavy (non-hydrogen) atoms. The average molecular weight is 279 g/mol. The summed E-state index contributed by atoms with van der Waals surface area (Å²) in [5, 5.41) is 13.7. The molecular weight excluding hydrogens is 262 g/mol. The van der Waals surface area contributed by atoms with E-state index in [2.05, 4.69) is 5.32 Å². The summed E-state index contributed by atoms with van der Waals surface area (Å²) < 4.78 is 0. The molecule has 1 unspecified atom stereocenters. The summed E-state index contributed by atoms with van der Waals surface area (Å²) >= 11 is 1.63. The number of nitrogens with one attached hydrogen (secondary N) is 1. The molecule has 2 aliphatic carbocycles. The maximum atomic E-state index is 12.3. The zero-order valence-electron chi connectivity index (χ0n) is 10.6. The highest BCUT2D eigenvalue weighted by atomic mass is 32.1.